The fraction of sp³-hybridized carbons (Fsp3) is 0.100. The van der Waals surface area contributed by atoms with Crippen LogP contribution in [0.3, 0.4) is 0 Å². The number of rotatable bonds is 1. The SMILES string of the molecule is Cn1ncc(-c2cccc(Cl)c2)c1Cl. The predicted octanol–water partition coefficient (Wildman–Crippen LogP) is 3.39. The number of aromatic nitrogens is 2. The van der Waals surface area contributed by atoms with Gasteiger partial charge in [0.05, 0.1) is 6.20 Å². The summed E-state index contributed by atoms with van der Waals surface area (Å²) < 4.78 is 1.62. The molecule has 0 unspecified atom stereocenters. The Hall–Kier alpha value is -0.990. The Morgan fingerprint density at radius 1 is 1.29 bits per heavy atom. The van der Waals surface area contributed by atoms with E-state index in [0.717, 1.165) is 11.1 Å². The molecule has 14 heavy (non-hydrogen) atoms. The minimum absolute atomic E-state index is 0.618. The second kappa shape index (κ2) is 3.64. The lowest BCUT2D eigenvalue weighted by Crippen LogP contribution is -1.88. The van der Waals surface area contributed by atoms with Gasteiger partial charge in [-0.1, -0.05) is 35.3 Å². The van der Waals surface area contributed by atoms with Crippen LogP contribution in [-0.2, 0) is 7.05 Å². The lowest BCUT2D eigenvalue weighted by atomic mass is 10.1. The van der Waals surface area contributed by atoms with Gasteiger partial charge in [-0.3, -0.25) is 4.68 Å². The summed E-state index contributed by atoms with van der Waals surface area (Å²) in [5.74, 6) is 0. The topological polar surface area (TPSA) is 17.8 Å². The Morgan fingerprint density at radius 2 is 2.07 bits per heavy atom. The maximum atomic E-state index is 6.05. The van der Waals surface area contributed by atoms with Gasteiger partial charge in [0.25, 0.3) is 0 Å². The van der Waals surface area contributed by atoms with Crippen molar-refractivity contribution in [3.05, 3.63) is 40.6 Å². The van der Waals surface area contributed by atoms with Crippen molar-refractivity contribution in [3.63, 3.8) is 0 Å². The fourth-order valence-electron chi connectivity index (χ4n) is 1.27. The highest BCUT2D eigenvalue weighted by Gasteiger charge is 2.07. The molecule has 0 saturated heterocycles. The first-order valence-electron chi connectivity index (χ1n) is 4.12. The Morgan fingerprint density at radius 3 is 2.64 bits per heavy atom. The molecule has 0 aliphatic heterocycles. The van der Waals surface area contributed by atoms with Crippen LogP contribution in [-0.4, -0.2) is 9.78 Å². The smallest absolute Gasteiger partial charge is 0.134 e. The Balaban J connectivity index is 2.55. The number of aryl methyl sites for hydroxylation is 1. The van der Waals surface area contributed by atoms with Gasteiger partial charge in [0.15, 0.2) is 0 Å². The summed E-state index contributed by atoms with van der Waals surface area (Å²) in [6, 6.07) is 7.54. The lowest BCUT2D eigenvalue weighted by Gasteiger charge is -1.99. The maximum absolute atomic E-state index is 6.05. The van der Waals surface area contributed by atoms with Crippen LogP contribution >= 0.6 is 23.2 Å². The first-order valence-corrected chi connectivity index (χ1v) is 4.87. The van der Waals surface area contributed by atoms with Crippen LogP contribution < -0.4 is 0 Å². The molecule has 0 amide bonds. The molecular weight excluding hydrogens is 219 g/mol. The van der Waals surface area contributed by atoms with Gasteiger partial charge < -0.3 is 0 Å². The number of hydrogen-bond donors (Lipinski definition) is 0. The van der Waals surface area contributed by atoms with E-state index in [1.807, 2.05) is 24.3 Å². The molecule has 1 aromatic heterocycles. The first-order chi connectivity index (χ1) is 6.68. The van der Waals surface area contributed by atoms with Crippen molar-refractivity contribution in [2.45, 2.75) is 0 Å². The van der Waals surface area contributed by atoms with E-state index in [0.29, 0.717) is 10.2 Å². The molecule has 0 spiro atoms. The Bertz CT molecular complexity index is 463. The molecule has 0 atom stereocenters. The molecule has 2 nitrogen and oxygen atoms in total. The largest absolute Gasteiger partial charge is 0.256 e. The van der Waals surface area contributed by atoms with Crippen LogP contribution in [0.15, 0.2) is 30.5 Å². The van der Waals surface area contributed by atoms with Crippen LogP contribution in [0, 0.1) is 0 Å². The molecule has 72 valence electrons. The van der Waals surface area contributed by atoms with E-state index in [-0.39, 0.29) is 0 Å². The maximum Gasteiger partial charge on any atom is 0.134 e. The van der Waals surface area contributed by atoms with Crippen LogP contribution in [0.5, 0.6) is 0 Å². The lowest BCUT2D eigenvalue weighted by molar-refractivity contribution is 0.769. The van der Waals surface area contributed by atoms with Crippen LogP contribution in [0.25, 0.3) is 11.1 Å². The molecule has 0 radical (unpaired) electrons. The zero-order chi connectivity index (χ0) is 10.1. The molecule has 4 heteroatoms. The van der Waals surface area contributed by atoms with Gasteiger partial charge >= 0.3 is 0 Å². The molecule has 1 heterocycles. The Kier molecular flexibility index (Phi) is 2.48. The third-order valence-electron chi connectivity index (χ3n) is 2.00. The number of hydrogen-bond acceptors (Lipinski definition) is 1. The van der Waals surface area contributed by atoms with Crippen molar-refractivity contribution < 1.29 is 0 Å². The van der Waals surface area contributed by atoms with Gasteiger partial charge in [-0.2, -0.15) is 5.10 Å². The van der Waals surface area contributed by atoms with Crippen molar-refractivity contribution in [3.8, 4) is 11.1 Å². The van der Waals surface area contributed by atoms with Crippen molar-refractivity contribution >= 4 is 23.2 Å². The summed E-state index contributed by atoms with van der Waals surface area (Å²) in [6.45, 7) is 0. The minimum Gasteiger partial charge on any atom is -0.256 e. The van der Waals surface area contributed by atoms with Crippen molar-refractivity contribution in [1.29, 1.82) is 0 Å². The summed E-state index contributed by atoms with van der Waals surface area (Å²) >= 11 is 11.9. The molecule has 0 bridgehead atoms. The van der Waals surface area contributed by atoms with Gasteiger partial charge in [0.2, 0.25) is 0 Å². The summed E-state index contributed by atoms with van der Waals surface area (Å²) in [4.78, 5) is 0. The zero-order valence-electron chi connectivity index (χ0n) is 7.54. The summed E-state index contributed by atoms with van der Waals surface area (Å²) in [5.41, 5.74) is 1.88. The van der Waals surface area contributed by atoms with Crippen LogP contribution in [0.1, 0.15) is 0 Å². The van der Waals surface area contributed by atoms with E-state index < -0.39 is 0 Å². The van der Waals surface area contributed by atoms with Crippen molar-refractivity contribution in [2.24, 2.45) is 7.05 Å². The zero-order valence-corrected chi connectivity index (χ0v) is 9.05. The third-order valence-corrected chi connectivity index (χ3v) is 2.69. The molecule has 1 aromatic carbocycles. The van der Waals surface area contributed by atoms with E-state index in [4.69, 9.17) is 23.2 Å². The van der Waals surface area contributed by atoms with Crippen molar-refractivity contribution in [2.75, 3.05) is 0 Å². The quantitative estimate of drug-likeness (QED) is 0.730. The Labute approximate surface area is 92.1 Å². The number of nitrogens with zero attached hydrogens (tertiary/aromatic N) is 2. The van der Waals surface area contributed by atoms with E-state index in [2.05, 4.69) is 5.10 Å². The van der Waals surface area contributed by atoms with Crippen molar-refractivity contribution in [1.82, 2.24) is 9.78 Å². The molecule has 0 aliphatic rings. The summed E-state index contributed by atoms with van der Waals surface area (Å²) in [5, 5.41) is 5.38. The molecular formula is C10H8Cl2N2. The highest BCUT2D eigenvalue weighted by atomic mass is 35.5. The predicted molar refractivity (Wildman–Crippen MR) is 58.7 cm³/mol. The van der Waals surface area contributed by atoms with Crippen LogP contribution in [0.2, 0.25) is 10.2 Å². The first kappa shape index (κ1) is 9.56. The standard InChI is InChI=1S/C10H8Cl2N2/c1-14-10(12)9(6-13-14)7-3-2-4-8(11)5-7/h2-6H,1H3. The summed E-state index contributed by atoms with van der Waals surface area (Å²) in [7, 11) is 1.80. The number of benzene rings is 1. The van der Waals surface area contributed by atoms with E-state index >= 15 is 0 Å². The molecule has 0 N–H and O–H groups in total. The second-order valence-electron chi connectivity index (χ2n) is 2.98. The third kappa shape index (κ3) is 1.63. The molecule has 0 saturated carbocycles. The van der Waals surface area contributed by atoms with E-state index in [1.54, 1.807) is 17.9 Å². The molecule has 0 fully saturated rings. The number of halogens is 2. The van der Waals surface area contributed by atoms with E-state index in [1.165, 1.54) is 0 Å². The normalized spacial score (nSPS) is 10.5. The monoisotopic (exact) mass is 226 g/mol. The average molecular weight is 227 g/mol. The fourth-order valence-corrected chi connectivity index (χ4v) is 1.66. The van der Waals surface area contributed by atoms with Gasteiger partial charge in [0, 0.05) is 17.6 Å². The molecule has 2 rings (SSSR count). The average Bonchev–Trinajstić information content (AvgIpc) is 2.48. The van der Waals surface area contributed by atoms with Gasteiger partial charge in [-0.25, -0.2) is 0 Å². The van der Waals surface area contributed by atoms with E-state index in [9.17, 15) is 0 Å². The molecule has 0 aliphatic carbocycles. The highest BCUT2D eigenvalue weighted by Crippen LogP contribution is 2.28. The van der Waals surface area contributed by atoms with Gasteiger partial charge in [-0.15, -0.1) is 0 Å². The minimum atomic E-state index is 0.618. The van der Waals surface area contributed by atoms with Gasteiger partial charge in [0.1, 0.15) is 5.15 Å². The summed E-state index contributed by atoms with van der Waals surface area (Å²) in [6.07, 6.45) is 1.73. The highest BCUT2D eigenvalue weighted by molar-refractivity contribution is 6.33. The van der Waals surface area contributed by atoms with Gasteiger partial charge in [-0.05, 0) is 17.7 Å². The van der Waals surface area contributed by atoms with Crippen LogP contribution in [0.4, 0.5) is 0 Å². The second-order valence-corrected chi connectivity index (χ2v) is 3.78. The molecule has 2 aromatic rings.